The zero-order chi connectivity index (χ0) is 22.2. The van der Waals surface area contributed by atoms with Crippen LogP contribution in [0, 0.1) is 0 Å². The highest BCUT2D eigenvalue weighted by Crippen LogP contribution is 2.29. The summed E-state index contributed by atoms with van der Waals surface area (Å²) in [7, 11) is 3.56. The number of allylic oxidation sites excluding steroid dienone is 2. The van der Waals surface area contributed by atoms with Crippen molar-refractivity contribution in [3.05, 3.63) is 59.9 Å². The molecule has 6 nitrogen and oxygen atoms in total. The predicted octanol–water partition coefficient (Wildman–Crippen LogP) is 5.63. The van der Waals surface area contributed by atoms with Crippen LogP contribution >= 0.6 is 0 Å². The van der Waals surface area contributed by atoms with Gasteiger partial charge in [0.25, 0.3) is 0 Å². The third-order valence-electron chi connectivity index (χ3n) is 4.94. The summed E-state index contributed by atoms with van der Waals surface area (Å²) in [5, 5.41) is 6.16. The minimum Gasteiger partial charge on any atom is -0.479 e. The fourth-order valence-electron chi connectivity index (χ4n) is 3.45. The van der Waals surface area contributed by atoms with Gasteiger partial charge in [0, 0.05) is 26.0 Å². The van der Waals surface area contributed by atoms with Crippen LogP contribution in [0.4, 0.5) is 0 Å². The van der Waals surface area contributed by atoms with Gasteiger partial charge in [-0.05, 0) is 43.5 Å². The van der Waals surface area contributed by atoms with Gasteiger partial charge in [-0.2, -0.15) is 0 Å². The molecule has 0 saturated heterocycles. The number of aromatic nitrogens is 2. The van der Waals surface area contributed by atoms with Gasteiger partial charge in [-0.15, -0.1) is 5.10 Å². The van der Waals surface area contributed by atoms with E-state index >= 15 is 0 Å². The number of hydrogen-bond donors (Lipinski definition) is 0. The van der Waals surface area contributed by atoms with Crippen LogP contribution in [0.1, 0.15) is 50.1 Å². The number of nitrogens with zero attached hydrogens (tertiary/aromatic N) is 4. The molecular weight excluding hydrogens is 388 g/mol. The lowest BCUT2D eigenvalue weighted by Gasteiger charge is -2.16. The number of benzene rings is 1. The van der Waals surface area contributed by atoms with Crippen molar-refractivity contribution in [3.8, 4) is 17.1 Å². The molecule has 1 aromatic carbocycles. The minimum absolute atomic E-state index is 0.0485. The zero-order valence-electron chi connectivity index (χ0n) is 18.7. The fourth-order valence-corrected chi connectivity index (χ4v) is 3.45. The van der Waals surface area contributed by atoms with Crippen molar-refractivity contribution in [3.63, 3.8) is 0 Å². The maximum absolute atomic E-state index is 5.68. The molecule has 0 fully saturated rings. The van der Waals surface area contributed by atoms with E-state index in [4.69, 9.17) is 14.5 Å². The van der Waals surface area contributed by atoms with Gasteiger partial charge < -0.3 is 9.47 Å². The lowest BCUT2D eigenvalue weighted by atomic mass is 10.1. The second-order valence-electron chi connectivity index (χ2n) is 7.28. The summed E-state index contributed by atoms with van der Waals surface area (Å²) in [4.78, 5) is 9.36. The molecule has 2 heterocycles. The third kappa shape index (κ3) is 5.60. The number of rotatable bonds is 9. The van der Waals surface area contributed by atoms with Crippen molar-refractivity contribution in [2.75, 3.05) is 14.2 Å². The summed E-state index contributed by atoms with van der Waals surface area (Å²) in [5.41, 5.74) is 4.24. The predicted molar refractivity (Wildman–Crippen MR) is 127 cm³/mol. The Bertz CT molecular complexity index is 1010. The molecule has 1 aliphatic rings. The number of methoxy groups -OCH3 is 1. The largest absolute Gasteiger partial charge is 0.479 e. The first-order chi connectivity index (χ1) is 15.0. The van der Waals surface area contributed by atoms with Crippen LogP contribution in [-0.4, -0.2) is 41.3 Å². The SMILES string of the molecule is C=Cc1nc(-c2cccc(/C=C/CCCC3OC(C)=NN3C)c2)c(OC)nc1/C=C\C. The second kappa shape index (κ2) is 10.6. The van der Waals surface area contributed by atoms with Gasteiger partial charge in [0.15, 0.2) is 6.23 Å². The van der Waals surface area contributed by atoms with Crippen molar-refractivity contribution in [1.82, 2.24) is 15.0 Å². The molecule has 0 N–H and O–H groups in total. The molecule has 162 valence electrons. The highest BCUT2D eigenvalue weighted by Gasteiger charge is 2.21. The van der Waals surface area contributed by atoms with E-state index in [1.165, 1.54) is 0 Å². The molecule has 1 atom stereocenters. The van der Waals surface area contributed by atoms with E-state index in [-0.39, 0.29) is 6.23 Å². The van der Waals surface area contributed by atoms with Crippen LogP contribution in [0.3, 0.4) is 0 Å². The fraction of sp³-hybridized carbons (Fsp3) is 0.320. The van der Waals surface area contributed by atoms with Crippen molar-refractivity contribution in [2.45, 2.75) is 39.3 Å². The number of hydrazone groups is 1. The summed E-state index contributed by atoms with van der Waals surface area (Å²) in [6, 6.07) is 8.20. The molecular formula is C25H30N4O2. The number of unbranched alkanes of at least 4 members (excludes halogenated alkanes) is 1. The molecule has 0 amide bonds. The average molecular weight is 419 g/mol. The van der Waals surface area contributed by atoms with Gasteiger partial charge in [0.05, 0.1) is 18.5 Å². The van der Waals surface area contributed by atoms with Crippen molar-refractivity contribution >= 4 is 24.1 Å². The Balaban J connectivity index is 1.70. The standard InChI is InChI=1S/C25H30N4O2/c1-6-12-22-21(7-2)26-24(25(27-22)30-5)20-15-11-14-19(17-20)13-9-8-10-16-23-29(4)28-18(3)31-23/h6-7,9,11-15,17,23H,2,8,10,16H2,1,3-5H3/b12-6-,13-9+. The maximum Gasteiger partial charge on any atom is 0.240 e. The molecule has 6 heteroatoms. The summed E-state index contributed by atoms with van der Waals surface area (Å²) in [6.45, 7) is 7.70. The van der Waals surface area contributed by atoms with Crippen LogP contribution in [-0.2, 0) is 4.74 Å². The maximum atomic E-state index is 5.68. The van der Waals surface area contributed by atoms with E-state index in [1.807, 2.05) is 50.2 Å². The van der Waals surface area contributed by atoms with E-state index in [2.05, 4.69) is 40.9 Å². The van der Waals surface area contributed by atoms with E-state index in [0.717, 1.165) is 47.7 Å². The van der Waals surface area contributed by atoms with Crippen molar-refractivity contribution in [2.24, 2.45) is 5.10 Å². The highest BCUT2D eigenvalue weighted by atomic mass is 16.5. The molecule has 1 unspecified atom stereocenters. The van der Waals surface area contributed by atoms with Crippen LogP contribution in [0.15, 0.2) is 48.1 Å². The summed E-state index contributed by atoms with van der Waals surface area (Å²) >= 11 is 0. The molecule has 3 rings (SSSR count). The van der Waals surface area contributed by atoms with Crippen molar-refractivity contribution < 1.29 is 9.47 Å². The Hall–Kier alpha value is -3.41. The Morgan fingerprint density at radius 1 is 1.23 bits per heavy atom. The molecule has 0 aliphatic carbocycles. The first-order valence-corrected chi connectivity index (χ1v) is 10.5. The van der Waals surface area contributed by atoms with Gasteiger partial charge in [-0.25, -0.2) is 9.97 Å². The minimum atomic E-state index is 0.0485. The summed E-state index contributed by atoms with van der Waals surface area (Å²) in [6.07, 6.45) is 12.9. The van der Waals surface area contributed by atoms with Crippen LogP contribution in [0.25, 0.3) is 29.5 Å². The summed E-state index contributed by atoms with van der Waals surface area (Å²) in [5.74, 6) is 1.23. The molecule has 31 heavy (non-hydrogen) atoms. The third-order valence-corrected chi connectivity index (χ3v) is 4.94. The highest BCUT2D eigenvalue weighted by molar-refractivity contribution is 5.74. The van der Waals surface area contributed by atoms with E-state index in [0.29, 0.717) is 11.6 Å². The van der Waals surface area contributed by atoms with Crippen LogP contribution < -0.4 is 4.74 Å². The zero-order valence-corrected chi connectivity index (χ0v) is 18.7. The smallest absolute Gasteiger partial charge is 0.240 e. The van der Waals surface area contributed by atoms with E-state index in [1.54, 1.807) is 13.2 Å². The Labute approximate surface area is 184 Å². The molecule has 0 radical (unpaired) electrons. The van der Waals surface area contributed by atoms with E-state index in [9.17, 15) is 0 Å². The quantitative estimate of drug-likeness (QED) is 0.494. The van der Waals surface area contributed by atoms with Crippen LogP contribution in [0.2, 0.25) is 0 Å². The first-order valence-electron chi connectivity index (χ1n) is 10.5. The molecule has 0 spiro atoms. The molecule has 1 aliphatic heterocycles. The Morgan fingerprint density at radius 2 is 2.06 bits per heavy atom. The van der Waals surface area contributed by atoms with Gasteiger partial charge >= 0.3 is 0 Å². The Kier molecular flexibility index (Phi) is 7.60. The normalized spacial score (nSPS) is 16.1. The number of hydrogen-bond acceptors (Lipinski definition) is 6. The van der Waals surface area contributed by atoms with Gasteiger partial charge in [0.1, 0.15) is 5.69 Å². The Morgan fingerprint density at radius 3 is 2.74 bits per heavy atom. The van der Waals surface area contributed by atoms with Crippen molar-refractivity contribution in [1.29, 1.82) is 0 Å². The first kappa shape index (κ1) is 22.3. The molecule has 2 aromatic rings. The van der Waals surface area contributed by atoms with Gasteiger partial charge in [-0.1, -0.05) is 43.0 Å². The van der Waals surface area contributed by atoms with Gasteiger partial charge in [-0.3, -0.25) is 5.01 Å². The monoisotopic (exact) mass is 418 g/mol. The molecule has 0 saturated carbocycles. The lowest BCUT2D eigenvalue weighted by Crippen LogP contribution is -2.23. The topological polar surface area (TPSA) is 59.8 Å². The molecule has 1 aromatic heterocycles. The summed E-state index contributed by atoms with van der Waals surface area (Å²) < 4.78 is 11.2. The second-order valence-corrected chi connectivity index (χ2v) is 7.28. The molecule has 0 bridgehead atoms. The lowest BCUT2D eigenvalue weighted by molar-refractivity contribution is 0.0674. The van der Waals surface area contributed by atoms with Gasteiger partial charge in [0.2, 0.25) is 11.8 Å². The number of ether oxygens (including phenoxy) is 2. The van der Waals surface area contributed by atoms with E-state index < -0.39 is 0 Å². The average Bonchev–Trinajstić information content (AvgIpc) is 3.10. The van der Waals surface area contributed by atoms with Crippen LogP contribution in [0.5, 0.6) is 5.88 Å².